The molecule has 0 aliphatic carbocycles. The maximum atomic E-state index is 13.3. The maximum Gasteiger partial charge on any atom is 0.259 e. The third-order valence-corrected chi connectivity index (χ3v) is 6.26. The van der Waals surface area contributed by atoms with E-state index < -0.39 is 0 Å². The number of anilines is 3. The molecule has 0 spiro atoms. The summed E-state index contributed by atoms with van der Waals surface area (Å²) in [6.07, 6.45) is 3.95. The Morgan fingerprint density at radius 3 is 2.50 bits per heavy atom. The number of hydrogen-bond acceptors (Lipinski definition) is 8. The molecule has 0 radical (unpaired) electrons. The fourth-order valence-electron chi connectivity index (χ4n) is 4.49. The lowest BCUT2D eigenvalue weighted by atomic mass is 10.0. The Bertz CT molecular complexity index is 1420. The highest BCUT2D eigenvalue weighted by Crippen LogP contribution is 2.36. The van der Waals surface area contributed by atoms with Gasteiger partial charge in [-0.25, -0.2) is 15.0 Å². The van der Waals surface area contributed by atoms with Gasteiger partial charge >= 0.3 is 0 Å². The first kappa shape index (κ1) is 23.3. The van der Waals surface area contributed by atoms with Crippen LogP contribution in [0, 0.1) is 0 Å². The normalized spacial score (nSPS) is 13.0. The molecule has 2 aromatic carbocycles. The molecule has 0 saturated carbocycles. The third kappa shape index (κ3) is 4.47. The highest BCUT2D eigenvalue weighted by atomic mass is 16.5. The molecule has 2 N–H and O–H groups in total. The van der Waals surface area contributed by atoms with Crippen molar-refractivity contribution in [3.05, 3.63) is 60.3 Å². The van der Waals surface area contributed by atoms with Crippen LogP contribution >= 0.6 is 0 Å². The van der Waals surface area contributed by atoms with E-state index in [-0.39, 0.29) is 5.91 Å². The Balaban J connectivity index is 1.52. The van der Waals surface area contributed by atoms with Crippen LogP contribution in [-0.4, -0.2) is 55.2 Å². The zero-order valence-electron chi connectivity index (χ0n) is 20.5. The Morgan fingerprint density at radius 1 is 0.972 bits per heavy atom. The summed E-state index contributed by atoms with van der Waals surface area (Å²) in [5.74, 6) is 2.18. The van der Waals surface area contributed by atoms with E-state index in [0.717, 1.165) is 42.7 Å². The summed E-state index contributed by atoms with van der Waals surface area (Å²) in [6, 6.07) is 14.9. The molecular formula is C27H28N6O3. The minimum Gasteiger partial charge on any atom is -0.493 e. The average molecular weight is 485 g/mol. The standard InChI is InChI=1S/C27H28N6O3/c1-28-27-31-21-16-23(36-3)22(35-2)15-20(21)24(32-27)17-8-6-9-18(14-17)30-26(34)19-10-7-11-29-25(19)33-12-4-5-13-33/h6-11,14-16H,4-5,12-13H2,1-3H3,(H,30,34)(H,28,31,32). The number of ether oxygens (including phenoxy) is 2. The molecule has 0 unspecified atom stereocenters. The van der Waals surface area contributed by atoms with Crippen LogP contribution < -0.4 is 25.0 Å². The summed E-state index contributed by atoms with van der Waals surface area (Å²) in [5, 5.41) is 6.87. The van der Waals surface area contributed by atoms with Gasteiger partial charge in [0.15, 0.2) is 11.5 Å². The molecule has 1 amide bonds. The van der Waals surface area contributed by atoms with Crippen LogP contribution in [0.2, 0.25) is 0 Å². The molecule has 1 aliphatic heterocycles. The molecular weight excluding hydrogens is 456 g/mol. The van der Waals surface area contributed by atoms with Gasteiger partial charge in [-0.3, -0.25) is 4.79 Å². The molecule has 2 aromatic heterocycles. The van der Waals surface area contributed by atoms with Crippen molar-refractivity contribution in [1.29, 1.82) is 0 Å². The average Bonchev–Trinajstić information content (AvgIpc) is 3.46. The predicted molar refractivity (Wildman–Crippen MR) is 141 cm³/mol. The SMILES string of the molecule is CNc1nc(-c2cccc(NC(=O)c3cccnc3N3CCCC3)c2)c2cc(OC)c(OC)cc2n1. The van der Waals surface area contributed by atoms with Gasteiger partial charge in [0.25, 0.3) is 5.91 Å². The lowest BCUT2D eigenvalue weighted by Crippen LogP contribution is -2.24. The molecule has 4 aromatic rings. The number of hydrogen-bond donors (Lipinski definition) is 2. The van der Waals surface area contributed by atoms with Gasteiger partial charge in [-0.05, 0) is 43.2 Å². The van der Waals surface area contributed by atoms with E-state index in [2.05, 4.69) is 25.5 Å². The number of nitrogens with one attached hydrogen (secondary N) is 2. The summed E-state index contributed by atoms with van der Waals surface area (Å²) < 4.78 is 11.0. The van der Waals surface area contributed by atoms with Gasteiger partial charge in [0.1, 0.15) is 5.82 Å². The number of carbonyl (C=O) groups is 1. The summed E-state index contributed by atoms with van der Waals surface area (Å²) in [5.41, 5.74) is 3.47. The zero-order valence-corrected chi connectivity index (χ0v) is 20.5. The smallest absolute Gasteiger partial charge is 0.259 e. The number of aromatic nitrogens is 3. The van der Waals surface area contributed by atoms with Crippen molar-refractivity contribution in [3.63, 3.8) is 0 Å². The second-order valence-corrected chi connectivity index (χ2v) is 8.47. The van der Waals surface area contributed by atoms with Crippen LogP contribution in [0.15, 0.2) is 54.7 Å². The number of nitrogens with zero attached hydrogens (tertiary/aromatic N) is 4. The fourth-order valence-corrected chi connectivity index (χ4v) is 4.49. The Kier molecular flexibility index (Phi) is 6.53. The molecule has 9 nitrogen and oxygen atoms in total. The van der Waals surface area contributed by atoms with Crippen LogP contribution in [0.1, 0.15) is 23.2 Å². The van der Waals surface area contributed by atoms with Crippen LogP contribution in [-0.2, 0) is 0 Å². The highest BCUT2D eigenvalue weighted by molar-refractivity contribution is 6.08. The molecule has 1 aliphatic rings. The highest BCUT2D eigenvalue weighted by Gasteiger charge is 2.21. The second kappa shape index (κ2) is 10.1. The largest absolute Gasteiger partial charge is 0.493 e. The van der Waals surface area contributed by atoms with Gasteiger partial charge < -0.3 is 25.0 Å². The number of amides is 1. The predicted octanol–water partition coefficient (Wildman–Crippen LogP) is 4.60. The zero-order chi connectivity index (χ0) is 25.1. The van der Waals surface area contributed by atoms with Gasteiger partial charge in [-0.15, -0.1) is 0 Å². The van der Waals surface area contributed by atoms with Gasteiger partial charge in [-0.1, -0.05) is 12.1 Å². The monoisotopic (exact) mass is 484 g/mol. The minimum atomic E-state index is -0.197. The second-order valence-electron chi connectivity index (χ2n) is 8.47. The van der Waals surface area contributed by atoms with Gasteiger partial charge in [0.2, 0.25) is 5.95 Å². The van der Waals surface area contributed by atoms with Crippen molar-refractivity contribution in [2.24, 2.45) is 0 Å². The van der Waals surface area contributed by atoms with Crippen molar-refractivity contribution in [2.45, 2.75) is 12.8 Å². The van der Waals surface area contributed by atoms with Crippen LogP contribution in [0.4, 0.5) is 17.5 Å². The summed E-state index contributed by atoms with van der Waals surface area (Å²) in [4.78, 5) is 29.2. The maximum absolute atomic E-state index is 13.3. The molecule has 9 heteroatoms. The topological polar surface area (TPSA) is 102 Å². The first-order chi connectivity index (χ1) is 17.6. The number of carbonyl (C=O) groups excluding carboxylic acids is 1. The van der Waals surface area contributed by atoms with E-state index in [1.54, 1.807) is 33.5 Å². The molecule has 3 heterocycles. The molecule has 5 rings (SSSR count). The van der Waals surface area contributed by atoms with Gasteiger partial charge in [-0.2, -0.15) is 0 Å². The summed E-state index contributed by atoms with van der Waals surface area (Å²) in [7, 11) is 4.96. The van der Waals surface area contributed by atoms with E-state index >= 15 is 0 Å². The van der Waals surface area contributed by atoms with E-state index in [1.807, 2.05) is 42.5 Å². The lowest BCUT2D eigenvalue weighted by molar-refractivity contribution is 0.102. The van der Waals surface area contributed by atoms with Crippen molar-refractivity contribution in [3.8, 4) is 22.8 Å². The number of pyridine rings is 1. The van der Waals surface area contributed by atoms with Crippen molar-refractivity contribution < 1.29 is 14.3 Å². The molecule has 1 saturated heterocycles. The van der Waals surface area contributed by atoms with Crippen molar-refractivity contribution in [1.82, 2.24) is 15.0 Å². The minimum absolute atomic E-state index is 0.197. The summed E-state index contributed by atoms with van der Waals surface area (Å²) in [6.45, 7) is 1.82. The first-order valence-electron chi connectivity index (χ1n) is 11.8. The van der Waals surface area contributed by atoms with E-state index in [0.29, 0.717) is 39.9 Å². The third-order valence-electron chi connectivity index (χ3n) is 6.26. The van der Waals surface area contributed by atoms with Crippen LogP contribution in [0.3, 0.4) is 0 Å². The molecule has 0 bridgehead atoms. The quantitative estimate of drug-likeness (QED) is 0.392. The molecule has 36 heavy (non-hydrogen) atoms. The number of benzene rings is 2. The Labute approximate surface area is 209 Å². The Morgan fingerprint density at radius 2 is 1.75 bits per heavy atom. The lowest BCUT2D eigenvalue weighted by Gasteiger charge is -2.19. The van der Waals surface area contributed by atoms with Crippen LogP contribution in [0.25, 0.3) is 22.2 Å². The van der Waals surface area contributed by atoms with E-state index in [4.69, 9.17) is 14.5 Å². The van der Waals surface area contributed by atoms with Crippen molar-refractivity contribution in [2.75, 3.05) is 49.9 Å². The van der Waals surface area contributed by atoms with E-state index in [9.17, 15) is 4.79 Å². The molecule has 184 valence electrons. The fraction of sp³-hybridized carbons (Fsp3) is 0.259. The number of fused-ring (bicyclic) bond motifs is 1. The van der Waals surface area contributed by atoms with Gasteiger partial charge in [0, 0.05) is 49.0 Å². The first-order valence-corrected chi connectivity index (χ1v) is 11.8. The summed E-state index contributed by atoms with van der Waals surface area (Å²) >= 11 is 0. The van der Waals surface area contributed by atoms with E-state index in [1.165, 1.54) is 0 Å². The van der Waals surface area contributed by atoms with Crippen LogP contribution in [0.5, 0.6) is 11.5 Å². The van der Waals surface area contributed by atoms with Crippen molar-refractivity contribution >= 4 is 34.3 Å². The molecule has 0 atom stereocenters. The number of methoxy groups -OCH3 is 2. The Hall–Kier alpha value is -4.40. The number of rotatable bonds is 7. The van der Waals surface area contributed by atoms with Gasteiger partial charge in [0.05, 0.1) is 31.0 Å². The molecule has 1 fully saturated rings.